The first kappa shape index (κ1) is 26.4. The van der Waals surface area contributed by atoms with E-state index in [1.165, 1.54) is 24.3 Å². The molecule has 38 heavy (non-hydrogen) atoms. The summed E-state index contributed by atoms with van der Waals surface area (Å²) in [7, 11) is 0. The third kappa shape index (κ3) is 5.38. The van der Waals surface area contributed by atoms with Gasteiger partial charge in [0.15, 0.2) is 11.5 Å². The number of carboxylic acids is 1. The predicted molar refractivity (Wildman–Crippen MR) is 120 cm³/mol. The summed E-state index contributed by atoms with van der Waals surface area (Å²) in [5.74, 6) is -7.07. The molecule has 14 heteroatoms. The number of oxime groups is 1. The van der Waals surface area contributed by atoms with Gasteiger partial charge in [0.25, 0.3) is 0 Å². The molecule has 11 nitrogen and oxygen atoms in total. The van der Waals surface area contributed by atoms with Gasteiger partial charge in [-0.3, -0.25) is 4.79 Å². The Balaban J connectivity index is 1.65. The summed E-state index contributed by atoms with van der Waals surface area (Å²) < 4.78 is 53.1. The Labute approximate surface area is 211 Å². The molecule has 0 saturated heterocycles. The number of hydrogen-bond donors (Lipinski definition) is 2. The highest BCUT2D eigenvalue weighted by molar-refractivity contribution is 6.09. The fourth-order valence-electron chi connectivity index (χ4n) is 3.96. The lowest BCUT2D eigenvalue weighted by Crippen LogP contribution is -2.45. The summed E-state index contributed by atoms with van der Waals surface area (Å²) in [4.78, 5) is 53.0. The van der Waals surface area contributed by atoms with Crippen LogP contribution in [-0.4, -0.2) is 53.1 Å². The van der Waals surface area contributed by atoms with Crippen LogP contribution in [0.1, 0.15) is 40.7 Å². The molecular formula is C24H19F3N2O9. The molecule has 0 spiro atoms. The molecule has 0 amide bonds. The van der Waals surface area contributed by atoms with Crippen LogP contribution in [0.4, 0.5) is 18.9 Å². The number of nitrogens with zero attached hydrogens (tertiary/aromatic N) is 1. The molecular weight excluding hydrogens is 517 g/mol. The molecule has 2 aromatic rings. The number of esters is 3. The summed E-state index contributed by atoms with van der Waals surface area (Å²) in [5.41, 5.74) is 4.70. The van der Waals surface area contributed by atoms with Crippen molar-refractivity contribution in [3.63, 3.8) is 0 Å². The lowest BCUT2D eigenvalue weighted by molar-refractivity contribution is -0.209. The maximum atomic E-state index is 12.9. The molecule has 0 fully saturated rings. The van der Waals surface area contributed by atoms with Crippen molar-refractivity contribution < 1.29 is 56.5 Å². The zero-order valence-electron chi connectivity index (χ0n) is 19.4. The van der Waals surface area contributed by atoms with E-state index in [0.29, 0.717) is 24.1 Å². The van der Waals surface area contributed by atoms with Crippen LogP contribution < -0.4 is 15.2 Å². The van der Waals surface area contributed by atoms with E-state index in [2.05, 4.69) is 9.89 Å². The lowest BCUT2D eigenvalue weighted by Gasteiger charge is -2.22. The number of fused-ring (bicyclic) bond motifs is 2. The van der Waals surface area contributed by atoms with Gasteiger partial charge in [-0.1, -0.05) is 11.2 Å². The van der Waals surface area contributed by atoms with Gasteiger partial charge in [0.2, 0.25) is 5.60 Å². The first-order chi connectivity index (χ1) is 17.9. The normalized spacial score (nSPS) is 19.0. The van der Waals surface area contributed by atoms with E-state index in [4.69, 9.17) is 20.0 Å². The Morgan fingerprint density at radius 1 is 1.16 bits per heavy atom. The van der Waals surface area contributed by atoms with Crippen LogP contribution in [-0.2, 0) is 30.4 Å². The number of alkyl halides is 3. The minimum Gasteiger partial charge on any atom is -0.489 e. The van der Waals surface area contributed by atoms with Crippen molar-refractivity contribution >= 4 is 35.3 Å². The van der Waals surface area contributed by atoms with Gasteiger partial charge in [-0.15, -0.1) is 0 Å². The van der Waals surface area contributed by atoms with Crippen LogP contribution in [0.5, 0.6) is 11.5 Å². The minimum atomic E-state index is -5.50. The molecule has 2 heterocycles. The van der Waals surface area contributed by atoms with Crippen molar-refractivity contribution in [2.75, 3.05) is 12.3 Å². The van der Waals surface area contributed by atoms with Crippen molar-refractivity contribution in [3.8, 4) is 11.5 Å². The molecule has 2 aromatic carbocycles. The van der Waals surface area contributed by atoms with Gasteiger partial charge >= 0.3 is 30.1 Å². The highest BCUT2D eigenvalue weighted by Crippen LogP contribution is 2.39. The van der Waals surface area contributed by atoms with Crippen LogP contribution in [0.25, 0.3) is 0 Å². The van der Waals surface area contributed by atoms with Crippen LogP contribution >= 0.6 is 0 Å². The fourth-order valence-corrected chi connectivity index (χ4v) is 3.96. The van der Waals surface area contributed by atoms with Crippen molar-refractivity contribution in [1.82, 2.24) is 0 Å². The molecule has 2 aliphatic rings. The van der Waals surface area contributed by atoms with Crippen molar-refractivity contribution in [2.45, 2.75) is 37.5 Å². The predicted octanol–water partition coefficient (Wildman–Crippen LogP) is 2.78. The zero-order chi connectivity index (χ0) is 27.7. The molecule has 0 bridgehead atoms. The monoisotopic (exact) mass is 536 g/mol. The van der Waals surface area contributed by atoms with Gasteiger partial charge in [-0.2, -0.15) is 13.2 Å². The number of hydrogen-bond acceptors (Lipinski definition) is 10. The van der Waals surface area contributed by atoms with Crippen molar-refractivity contribution in [3.05, 3.63) is 53.1 Å². The second-order valence-corrected chi connectivity index (χ2v) is 8.44. The summed E-state index contributed by atoms with van der Waals surface area (Å²) in [6, 6.07) is 9.05. The lowest BCUT2D eigenvalue weighted by atomic mass is 9.90. The molecule has 0 saturated carbocycles. The number of carboxylic acid groups (broad SMARTS) is 1. The Hall–Kier alpha value is -4.62. The molecule has 2 aliphatic heterocycles. The number of anilines is 1. The third-order valence-corrected chi connectivity index (χ3v) is 5.69. The van der Waals surface area contributed by atoms with Gasteiger partial charge in [0.05, 0.1) is 24.3 Å². The topological polar surface area (TPSA) is 164 Å². The van der Waals surface area contributed by atoms with Crippen LogP contribution in [0, 0.1) is 0 Å². The second kappa shape index (κ2) is 10.0. The smallest absolute Gasteiger partial charge is 0.489 e. The number of nitrogen functional groups attached to an aromatic ring is 1. The number of aryl methyl sites for hydroxylation is 1. The maximum absolute atomic E-state index is 12.9. The first-order valence-corrected chi connectivity index (χ1v) is 11.1. The number of rotatable bonds is 4. The molecule has 0 aromatic heterocycles. The number of carbonyl (C=O) groups is 4. The molecule has 3 N–H and O–H groups in total. The van der Waals surface area contributed by atoms with Gasteiger partial charge in [0.1, 0.15) is 0 Å². The van der Waals surface area contributed by atoms with Crippen LogP contribution in [0.3, 0.4) is 0 Å². The Bertz CT molecular complexity index is 1360. The summed E-state index contributed by atoms with van der Waals surface area (Å²) in [6.07, 6.45) is -6.46. The van der Waals surface area contributed by atoms with Gasteiger partial charge in [0, 0.05) is 17.7 Å². The number of para-hydroxylation sites is 1. The number of ether oxygens (including phenoxy) is 3. The summed E-state index contributed by atoms with van der Waals surface area (Å²) >= 11 is 0. The summed E-state index contributed by atoms with van der Waals surface area (Å²) in [5, 5.41) is 12.9. The standard InChI is InChI=1S/C24H19F3N2O9/c25-24(26,27)22(34)37-21(33)23(11-18(30)31)10-16(29-38-23)15-4-1-5-17-19(15)35-8-2-3-12-9-13(28)6-7-14(12)20(32)36-17/h1,4-7,9H,2-3,8,10-11,28H2,(H,30,31). The molecule has 4 rings (SSSR count). The largest absolute Gasteiger partial charge is 0.491 e. The molecule has 0 radical (unpaired) electrons. The zero-order valence-corrected chi connectivity index (χ0v) is 19.4. The number of benzene rings is 2. The Kier molecular flexibility index (Phi) is 6.98. The van der Waals surface area contributed by atoms with Gasteiger partial charge in [-0.05, 0) is 48.7 Å². The third-order valence-electron chi connectivity index (χ3n) is 5.69. The van der Waals surface area contributed by atoms with E-state index in [1.807, 2.05) is 0 Å². The Morgan fingerprint density at radius 3 is 2.63 bits per heavy atom. The Morgan fingerprint density at radius 2 is 1.92 bits per heavy atom. The van der Waals surface area contributed by atoms with E-state index >= 15 is 0 Å². The number of nitrogens with two attached hydrogens (primary N) is 1. The summed E-state index contributed by atoms with van der Waals surface area (Å²) in [6.45, 7) is 0.131. The van der Waals surface area contributed by atoms with Crippen molar-refractivity contribution in [2.24, 2.45) is 5.16 Å². The highest BCUT2D eigenvalue weighted by Gasteiger charge is 2.54. The maximum Gasteiger partial charge on any atom is 0.491 e. The van der Waals surface area contributed by atoms with E-state index in [0.717, 1.165) is 0 Å². The quantitative estimate of drug-likeness (QED) is 0.257. The number of halogens is 3. The first-order valence-electron chi connectivity index (χ1n) is 11.1. The van der Waals surface area contributed by atoms with Crippen LogP contribution in [0.15, 0.2) is 41.6 Å². The van der Waals surface area contributed by atoms with Gasteiger partial charge in [-0.25, -0.2) is 14.4 Å². The van der Waals surface area contributed by atoms with E-state index < -0.39 is 48.5 Å². The van der Waals surface area contributed by atoms with Crippen LogP contribution in [0.2, 0.25) is 0 Å². The van der Waals surface area contributed by atoms with E-state index in [-0.39, 0.29) is 34.9 Å². The average Bonchev–Trinajstić information content (AvgIpc) is 3.26. The number of carbonyl (C=O) groups excluding carboxylic acids is 3. The second-order valence-electron chi connectivity index (χ2n) is 8.44. The van der Waals surface area contributed by atoms with E-state index in [9.17, 15) is 37.5 Å². The van der Waals surface area contributed by atoms with Gasteiger partial charge < -0.3 is 29.9 Å². The molecule has 0 aliphatic carbocycles. The average molecular weight is 536 g/mol. The SMILES string of the molecule is Nc1ccc2c(c1)CCCOc1c(cccc1C1=NOC(CC(=O)O)(C(=O)OC(=O)C(F)(F)F)C1)OC2=O. The van der Waals surface area contributed by atoms with E-state index in [1.54, 1.807) is 12.1 Å². The minimum absolute atomic E-state index is 0.00737. The molecule has 1 atom stereocenters. The van der Waals surface area contributed by atoms with Crippen molar-refractivity contribution in [1.29, 1.82) is 0 Å². The molecule has 1 unspecified atom stereocenters. The number of aliphatic carboxylic acids is 1. The highest BCUT2D eigenvalue weighted by atomic mass is 19.4. The molecule has 200 valence electrons. The fraction of sp³-hybridized carbons (Fsp3) is 0.292.